The second-order valence-electron chi connectivity index (χ2n) is 2.16. The SMILES string of the molecule is NC(=S)c1ccn(S(=O)C(F)(F)F)n1. The minimum absolute atomic E-state index is 0.00222. The Balaban J connectivity index is 2.99. The van der Waals surface area contributed by atoms with Crippen molar-refractivity contribution in [3.8, 4) is 0 Å². The van der Waals surface area contributed by atoms with Gasteiger partial charge in [-0.25, -0.2) is 4.21 Å². The molecule has 78 valence electrons. The molecule has 1 heterocycles. The number of aromatic nitrogens is 2. The van der Waals surface area contributed by atoms with Crippen LogP contribution in [0.2, 0.25) is 0 Å². The third-order valence-electron chi connectivity index (χ3n) is 1.19. The van der Waals surface area contributed by atoms with Gasteiger partial charge in [-0.1, -0.05) is 12.2 Å². The molecule has 0 aliphatic rings. The summed E-state index contributed by atoms with van der Waals surface area (Å²) in [5, 5.41) is 3.31. The molecule has 4 nitrogen and oxygen atoms in total. The van der Waals surface area contributed by atoms with E-state index in [9.17, 15) is 17.4 Å². The first-order chi connectivity index (χ1) is 6.32. The van der Waals surface area contributed by atoms with Crippen molar-refractivity contribution in [3.63, 3.8) is 0 Å². The molecule has 0 bridgehead atoms. The Morgan fingerprint density at radius 3 is 2.57 bits per heavy atom. The fourth-order valence-electron chi connectivity index (χ4n) is 0.637. The van der Waals surface area contributed by atoms with Crippen LogP contribution >= 0.6 is 12.2 Å². The normalized spacial score (nSPS) is 13.9. The smallest absolute Gasteiger partial charge is 0.388 e. The van der Waals surface area contributed by atoms with Crippen molar-refractivity contribution in [1.82, 2.24) is 9.19 Å². The lowest BCUT2D eigenvalue weighted by atomic mass is 10.4. The topological polar surface area (TPSA) is 60.9 Å². The van der Waals surface area contributed by atoms with Gasteiger partial charge in [-0.2, -0.15) is 22.4 Å². The molecule has 0 aromatic carbocycles. The number of rotatable bonds is 2. The van der Waals surface area contributed by atoms with Gasteiger partial charge in [0.05, 0.1) is 0 Å². The molecule has 0 saturated heterocycles. The van der Waals surface area contributed by atoms with Crippen molar-refractivity contribution in [3.05, 3.63) is 18.0 Å². The number of nitrogens with zero attached hydrogens (tertiary/aromatic N) is 2. The number of halogens is 3. The van der Waals surface area contributed by atoms with Crippen LogP contribution in [0, 0.1) is 0 Å². The number of thiocarbonyl (C=S) groups is 1. The monoisotopic (exact) mass is 243 g/mol. The molecule has 0 aliphatic heterocycles. The van der Waals surface area contributed by atoms with Crippen LogP contribution in [-0.2, 0) is 11.0 Å². The quantitative estimate of drug-likeness (QED) is 0.770. The van der Waals surface area contributed by atoms with Gasteiger partial charge in [0.2, 0.25) is 11.0 Å². The van der Waals surface area contributed by atoms with Crippen molar-refractivity contribution >= 4 is 28.2 Å². The van der Waals surface area contributed by atoms with Crippen LogP contribution in [-0.4, -0.2) is 23.9 Å². The fourth-order valence-corrected chi connectivity index (χ4v) is 1.29. The van der Waals surface area contributed by atoms with Gasteiger partial charge < -0.3 is 5.73 Å². The summed E-state index contributed by atoms with van der Waals surface area (Å²) in [7, 11) is -3.21. The lowest BCUT2D eigenvalue weighted by Gasteiger charge is -2.04. The zero-order chi connectivity index (χ0) is 10.9. The summed E-state index contributed by atoms with van der Waals surface area (Å²) in [5.74, 6) is 0. The second-order valence-corrected chi connectivity index (χ2v) is 3.94. The van der Waals surface area contributed by atoms with Gasteiger partial charge in [0.25, 0.3) is 0 Å². The van der Waals surface area contributed by atoms with Crippen LogP contribution < -0.4 is 5.73 Å². The highest BCUT2D eigenvalue weighted by atomic mass is 32.2. The standard InChI is InChI=1S/C5H4F3N3OS2/c6-5(7,8)14(12)11-2-1-3(10-11)4(9)13/h1-2H,(H2,9,13). The molecule has 1 rings (SSSR count). The van der Waals surface area contributed by atoms with Gasteiger partial charge in [-0.15, -0.1) is 0 Å². The first kappa shape index (κ1) is 11.1. The summed E-state index contributed by atoms with van der Waals surface area (Å²) in [4.78, 5) is -0.150. The van der Waals surface area contributed by atoms with Gasteiger partial charge in [-0.05, 0) is 6.07 Å². The van der Waals surface area contributed by atoms with Gasteiger partial charge in [0, 0.05) is 6.20 Å². The average molecular weight is 243 g/mol. The van der Waals surface area contributed by atoms with Crippen molar-refractivity contribution in [2.75, 3.05) is 0 Å². The van der Waals surface area contributed by atoms with Gasteiger partial charge in [0.1, 0.15) is 10.7 Å². The van der Waals surface area contributed by atoms with E-state index in [0.29, 0.717) is 0 Å². The van der Waals surface area contributed by atoms with Crippen LogP contribution in [0.5, 0.6) is 0 Å². The number of nitrogens with two attached hydrogens (primary N) is 1. The zero-order valence-corrected chi connectivity index (χ0v) is 8.12. The molecular formula is C5H4F3N3OS2. The third-order valence-corrected chi connectivity index (χ3v) is 2.33. The Labute approximate surface area is 84.5 Å². The summed E-state index contributed by atoms with van der Waals surface area (Å²) in [6, 6.07) is 1.16. The molecular weight excluding hydrogens is 239 g/mol. The van der Waals surface area contributed by atoms with Gasteiger partial charge in [0.15, 0.2) is 0 Å². The summed E-state index contributed by atoms with van der Waals surface area (Å²) in [6.45, 7) is 0. The Kier molecular flexibility index (Phi) is 2.90. The minimum Gasteiger partial charge on any atom is -0.388 e. The predicted molar refractivity (Wildman–Crippen MR) is 47.7 cm³/mol. The van der Waals surface area contributed by atoms with E-state index in [0.717, 1.165) is 12.3 Å². The largest absolute Gasteiger partial charge is 0.492 e. The molecule has 0 spiro atoms. The van der Waals surface area contributed by atoms with Gasteiger partial charge >= 0.3 is 5.51 Å². The molecule has 1 unspecified atom stereocenters. The van der Waals surface area contributed by atoms with E-state index in [-0.39, 0.29) is 14.8 Å². The Bertz CT molecular complexity index is 386. The molecule has 14 heavy (non-hydrogen) atoms. The van der Waals surface area contributed by atoms with Crippen molar-refractivity contribution < 1.29 is 17.4 Å². The first-order valence-electron chi connectivity index (χ1n) is 3.17. The molecule has 0 fully saturated rings. The van der Waals surface area contributed by atoms with E-state index < -0.39 is 16.5 Å². The van der Waals surface area contributed by atoms with Crippen LogP contribution in [0.3, 0.4) is 0 Å². The highest BCUT2D eigenvalue weighted by Crippen LogP contribution is 2.20. The lowest BCUT2D eigenvalue weighted by molar-refractivity contribution is -0.0395. The molecule has 1 aromatic rings. The highest BCUT2D eigenvalue weighted by Gasteiger charge is 2.39. The Morgan fingerprint density at radius 2 is 2.21 bits per heavy atom. The zero-order valence-electron chi connectivity index (χ0n) is 6.49. The molecule has 0 amide bonds. The number of alkyl halides is 3. The van der Waals surface area contributed by atoms with E-state index >= 15 is 0 Å². The van der Waals surface area contributed by atoms with Crippen LogP contribution in [0.4, 0.5) is 13.2 Å². The van der Waals surface area contributed by atoms with Crippen molar-refractivity contribution in [1.29, 1.82) is 0 Å². The van der Waals surface area contributed by atoms with E-state index in [1.54, 1.807) is 0 Å². The van der Waals surface area contributed by atoms with Crippen LogP contribution in [0.15, 0.2) is 12.3 Å². The van der Waals surface area contributed by atoms with E-state index in [2.05, 4.69) is 17.3 Å². The summed E-state index contributed by atoms with van der Waals surface area (Å²) >= 11 is 4.48. The Hall–Kier alpha value is -0.960. The van der Waals surface area contributed by atoms with Crippen LogP contribution in [0.25, 0.3) is 0 Å². The van der Waals surface area contributed by atoms with Crippen molar-refractivity contribution in [2.24, 2.45) is 5.73 Å². The molecule has 1 atom stereocenters. The summed E-state index contributed by atoms with van der Waals surface area (Å²) in [6.07, 6.45) is 0.901. The lowest BCUT2D eigenvalue weighted by Crippen LogP contribution is -2.23. The molecule has 0 aliphatic carbocycles. The first-order valence-corrected chi connectivity index (χ1v) is 4.68. The second kappa shape index (κ2) is 3.65. The maximum absolute atomic E-state index is 11.9. The molecule has 9 heteroatoms. The van der Waals surface area contributed by atoms with Gasteiger partial charge in [-0.3, -0.25) is 0 Å². The summed E-state index contributed by atoms with van der Waals surface area (Å²) < 4.78 is 46.7. The van der Waals surface area contributed by atoms with E-state index in [1.165, 1.54) is 0 Å². The number of hydrogen-bond donors (Lipinski definition) is 1. The molecule has 1 aromatic heterocycles. The average Bonchev–Trinajstić information content (AvgIpc) is 2.48. The third kappa shape index (κ3) is 2.29. The fraction of sp³-hybridized carbons (Fsp3) is 0.200. The maximum Gasteiger partial charge on any atom is 0.492 e. The Morgan fingerprint density at radius 1 is 1.64 bits per heavy atom. The van der Waals surface area contributed by atoms with E-state index in [4.69, 9.17) is 5.73 Å². The molecule has 0 radical (unpaired) electrons. The number of hydrogen-bond acceptors (Lipinski definition) is 3. The summed E-state index contributed by atoms with van der Waals surface area (Å²) in [5.41, 5.74) is 0.262. The highest BCUT2D eigenvalue weighted by molar-refractivity contribution is 7.84. The minimum atomic E-state index is -4.85. The predicted octanol–water partition coefficient (Wildman–Crippen LogP) is 0.549. The van der Waals surface area contributed by atoms with Crippen LogP contribution in [0.1, 0.15) is 5.69 Å². The molecule has 2 N–H and O–H groups in total. The van der Waals surface area contributed by atoms with E-state index in [1.807, 2.05) is 0 Å². The molecule has 0 saturated carbocycles. The maximum atomic E-state index is 11.9. The van der Waals surface area contributed by atoms with Crippen molar-refractivity contribution in [2.45, 2.75) is 5.51 Å².